The molecule has 1 unspecified atom stereocenters. The van der Waals surface area contributed by atoms with E-state index in [0.29, 0.717) is 17.4 Å². The number of fused-ring (bicyclic) bond motifs is 1. The van der Waals surface area contributed by atoms with E-state index < -0.39 is 16.1 Å². The summed E-state index contributed by atoms with van der Waals surface area (Å²) >= 11 is 2.75. The lowest BCUT2D eigenvalue weighted by atomic mass is 10.1. The van der Waals surface area contributed by atoms with E-state index in [4.69, 9.17) is 4.74 Å². The summed E-state index contributed by atoms with van der Waals surface area (Å²) in [6, 6.07) is 27.7. The first-order valence-electron chi connectivity index (χ1n) is 12.6. The van der Waals surface area contributed by atoms with Gasteiger partial charge in [-0.25, -0.2) is 4.98 Å². The molecule has 2 N–H and O–H groups in total. The number of thiazole rings is 1. The lowest BCUT2D eigenvalue weighted by molar-refractivity contribution is -0.384. The fourth-order valence-corrected chi connectivity index (χ4v) is 5.93. The molecule has 41 heavy (non-hydrogen) atoms. The van der Waals surface area contributed by atoms with Crippen molar-refractivity contribution in [1.29, 1.82) is 0 Å². The van der Waals surface area contributed by atoms with Crippen LogP contribution in [0.25, 0.3) is 10.2 Å². The summed E-state index contributed by atoms with van der Waals surface area (Å²) in [5.41, 5.74) is 2.16. The van der Waals surface area contributed by atoms with Crippen molar-refractivity contribution in [1.82, 2.24) is 4.98 Å². The van der Waals surface area contributed by atoms with E-state index in [-0.39, 0.29) is 17.2 Å². The quantitative estimate of drug-likeness (QED) is 0.100. The predicted octanol–water partition coefficient (Wildman–Crippen LogP) is 7.33. The number of ether oxygens (including phenoxy) is 1. The monoisotopic (exact) mass is 584 g/mol. The SMILES string of the molecule is CCOc1ccc2nc(NC(=O)C(Sc3ccc(NC(=O)c4cccc([N+](=O)[O-])c4)cc3)c3ccccc3)sc2c1. The lowest BCUT2D eigenvalue weighted by Crippen LogP contribution is -2.18. The molecule has 11 heteroatoms. The summed E-state index contributed by atoms with van der Waals surface area (Å²) in [5, 5.41) is 16.7. The van der Waals surface area contributed by atoms with Crippen molar-refractivity contribution in [2.24, 2.45) is 0 Å². The number of nitro groups is 1. The van der Waals surface area contributed by atoms with Crippen LogP contribution in [-0.2, 0) is 4.79 Å². The zero-order valence-corrected chi connectivity index (χ0v) is 23.4. The van der Waals surface area contributed by atoms with Gasteiger partial charge < -0.3 is 15.4 Å². The molecule has 1 atom stereocenters. The summed E-state index contributed by atoms with van der Waals surface area (Å²) in [6.45, 7) is 2.49. The smallest absolute Gasteiger partial charge is 0.270 e. The summed E-state index contributed by atoms with van der Waals surface area (Å²) in [5.74, 6) is 0.0807. The van der Waals surface area contributed by atoms with Gasteiger partial charge in [-0.15, -0.1) is 11.8 Å². The van der Waals surface area contributed by atoms with Gasteiger partial charge in [-0.2, -0.15) is 0 Å². The van der Waals surface area contributed by atoms with Crippen molar-refractivity contribution < 1.29 is 19.2 Å². The summed E-state index contributed by atoms with van der Waals surface area (Å²) in [7, 11) is 0. The Hall–Kier alpha value is -4.74. The molecule has 0 aliphatic carbocycles. The normalized spacial score (nSPS) is 11.5. The van der Waals surface area contributed by atoms with Crippen LogP contribution in [0.3, 0.4) is 0 Å². The fourth-order valence-electron chi connectivity index (χ4n) is 4.00. The highest BCUT2D eigenvalue weighted by Gasteiger charge is 2.23. The van der Waals surface area contributed by atoms with Crippen molar-refractivity contribution in [2.75, 3.05) is 17.2 Å². The number of nitrogens with zero attached hydrogens (tertiary/aromatic N) is 2. The third-order valence-electron chi connectivity index (χ3n) is 5.93. The van der Waals surface area contributed by atoms with E-state index in [2.05, 4.69) is 15.6 Å². The Bertz CT molecular complexity index is 1710. The highest BCUT2D eigenvalue weighted by Crippen LogP contribution is 2.38. The molecule has 0 aliphatic rings. The molecule has 0 saturated heterocycles. The molecule has 0 aliphatic heterocycles. The minimum Gasteiger partial charge on any atom is -0.494 e. The van der Waals surface area contributed by atoms with Crippen LogP contribution in [0.15, 0.2) is 102 Å². The number of aromatic nitrogens is 1. The van der Waals surface area contributed by atoms with Crippen molar-refractivity contribution >= 4 is 61.6 Å². The Morgan fingerprint density at radius 2 is 1.76 bits per heavy atom. The topological polar surface area (TPSA) is 123 Å². The molecule has 0 radical (unpaired) electrons. The Labute approximate surface area is 243 Å². The molecular weight excluding hydrogens is 560 g/mol. The van der Waals surface area contributed by atoms with Gasteiger partial charge in [0.05, 0.1) is 21.7 Å². The first-order chi connectivity index (χ1) is 19.9. The number of carbonyl (C=O) groups is 2. The van der Waals surface area contributed by atoms with Gasteiger partial charge in [0.15, 0.2) is 5.13 Å². The molecule has 2 amide bonds. The largest absolute Gasteiger partial charge is 0.494 e. The second-order valence-corrected chi connectivity index (χ2v) is 11.0. The maximum absolute atomic E-state index is 13.5. The minimum absolute atomic E-state index is 0.157. The van der Waals surface area contributed by atoms with Gasteiger partial charge in [0, 0.05) is 28.3 Å². The molecule has 206 valence electrons. The number of benzene rings is 4. The van der Waals surface area contributed by atoms with Gasteiger partial charge in [-0.1, -0.05) is 47.7 Å². The van der Waals surface area contributed by atoms with Crippen LogP contribution in [0.1, 0.15) is 28.1 Å². The van der Waals surface area contributed by atoms with Crippen molar-refractivity contribution in [3.8, 4) is 5.75 Å². The second-order valence-electron chi connectivity index (χ2n) is 8.77. The third-order valence-corrected chi connectivity index (χ3v) is 8.13. The Morgan fingerprint density at radius 1 is 0.976 bits per heavy atom. The Kier molecular flexibility index (Phi) is 8.56. The van der Waals surface area contributed by atoms with Crippen LogP contribution in [0, 0.1) is 10.1 Å². The summed E-state index contributed by atoms with van der Waals surface area (Å²) < 4.78 is 6.49. The Balaban J connectivity index is 1.30. The summed E-state index contributed by atoms with van der Waals surface area (Å²) in [6.07, 6.45) is 0. The van der Waals surface area contributed by atoms with E-state index in [1.54, 1.807) is 12.1 Å². The first-order valence-corrected chi connectivity index (χ1v) is 14.3. The van der Waals surface area contributed by atoms with Crippen LogP contribution >= 0.6 is 23.1 Å². The van der Waals surface area contributed by atoms with Crippen LogP contribution in [0.5, 0.6) is 5.75 Å². The molecule has 1 aromatic heterocycles. The molecule has 5 rings (SSSR count). The van der Waals surface area contributed by atoms with Crippen LogP contribution < -0.4 is 15.4 Å². The molecule has 9 nitrogen and oxygen atoms in total. The number of amides is 2. The van der Waals surface area contributed by atoms with Crippen LogP contribution in [0.4, 0.5) is 16.5 Å². The first kappa shape index (κ1) is 27.8. The second kappa shape index (κ2) is 12.6. The maximum atomic E-state index is 13.5. The zero-order valence-electron chi connectivity index (χ0n) is 21.8. The molecule has 1 heterocycles. The fraction of sp³-hybridized carbons (Fsp3) is 0.100. The number of anilines is 2. The van der Waals surface area contributed by atoms with Crippen molar-refractivity contribution in [3.63, 3.8) is 0 Å². The number of non-ortho nitro benzene ring substituents is 1. The van der Waals surface area contributed by atoms with E-state index in [9.17, 15) is 19.7 Å². The summed E-state index contributed by atoms with van der Waals surface area (Å²) in [4.78, 5) is 42.0. The number of hydrogen-bond donors (Lipinski definition) is 2. The average molecular weight is 585 g/mol. The number of rotatable bonds is 10. The van der Waals surface area contributed by atoms with E-state index in [1.165, 1.54) is 47.4 Å². The maximum Gasteiger partial charge on any atom is 0.270 e. The van der Waals surface area contributed by atoms with Crippen molar-refractivity contribution in [2.45, 2.75) is 17.1 Å². The standard InChI is InChI=1S/C30H24N4O5S2/c1-2-39-23-13-16-25-26(18-23)41-30(32-25)33-29(36)27(19-7-4-3-5-8-19)40-24-14-11-21(12-15-24)31-28(35)20-9-6-10-22(17-20)34(37)38/h3-18,27H,2H2,1H3,(H,31,35)(H,32,33,36). The molecular formula is C30H24N4O5S2. The number of nitrogens with one attached hydrogen (secondary N) is 2. The van der Waals surface area contributed by atoms with E-state index in [0.717, 1.165) is 26.4 Å². The van der Waals surface area contributed by atoms with Gasteiger partial charge in [-0.05, 0) is 61.0 Å². The van der Waals surface area contributed by atoms with Gasteiger partial charge in [0.2, 0.25) is 5.91 Å². The third kappa shape index (κ3) is 6.89. The van der Waals surface area contributed by atoms with Gasteiger partial charge in [0.25, 0.3) is 11.6 Å². The van der Waals surface area contributed by atoms with Gasteiger partial charge in [0.1, 0.15) is 11.0 Å². The zero-order chi connectivity index (χ0) is 28.8. The average Bonchev–Trinajstić information content (AvgIpc) is 3.38. The minimum atomic E-state index is -0.562. The number of nitro benzene ring substituents is 1. The molecule has 4 aromatic carbocycles. The van der Waals surface area contributed by atoms with Crippen LogP contribution in [0.2, 0.25) is 0 Å². The van der Waals surface area contributed by atoms with E-state index >= 15 is 0 Å². The predicted molar refractivity (Wildman–Crippen MR) is 162 cm³/mol. The highest BCUT2D eigenvalue weighted by atomic mass is 32.2. The van der Waals surface area contributed by atoms with E-state index in [1.807, 2.05) is 67.6 Å². The lowest BCUT2D eigenvalue weighted by Gasteiger charge is -2.16. The Morgan fingerprint density at radius 3 is 2.49 bits per heavy atom. The number of carbonyl (C=O) groups excluding carboxylic acids is 2. The van der Waals surface area contributed by atoms with Gasteiger partial charge >= 0.3 is 0 Å². The molecule has 0 fully saturated rings. The molecule has 5 aromatic rings. The number of thioether (sulfide) groups is 1. The molecule has 0 bridgehead atoms. The van der Waals surface area contributed by atoms with Gasteiger partial charge in [-0.3, -0.25) is 19.7 Å². The number of hydrogen-bond acceptors (Lipinski definition) is 8. The molecule has 0 saturated carbocycles. The van der Waals surface area contributed by atoms with Crippen molar-refractivity contribution in [3.05, 3.63) is 118 Å². The highest BCUT2D eigenvalue weighted by molar-refractivity contribution is 8.00. The molecule has 0 spiro atoms. The van der Waals surface area contributed by atoms with Crippen LogP contribution in [-0.4, -0.2) is 28.3 Å².